The van der Waals surface area contributed by atoms with Crippen LogP contribution in [-0.2, 0) is 11.3 Å². The lowest BCUT2D eigenvalue weighted by Gasteiger charge is -2.21. The van der Waals surface area contributed by atoms with E-state index in [9.17, 15) is 0 Å². The molecule has 116 valence electrons. The zero-order valence-corrected chi connectivity index (χ0v) is 14.3. The van der Waals surface area contributed by atoms with E-state index in [1.165, 1.54) is 11.1 Å². The molecule has 0 saturated heterocycles. The topological polar surface area (TPSA) is 39.1 Å². The number of hydrogen-bond donors (Lipinski definition) is 1. The number of aromatic nitrogens is 2. The van der Waals surface area contributed by atoms with Crippen LogP contribution < -0.4 is 5.32 Å². The molecule has 0 aliphatic rings. The highest BCUT2D eigenvalue weighted by Gasteiger charge is 2.23. The quantitative estimate of drug-likeness (QED) is 0.804. The third-order valence-corrected chi connectivity index (χ3v) is 4.59. The summed E-state index contributed by atoms with van der Waals surface area (Å²) in [5.74, 6) is 0. The number of nitrogens with zero attached hydrogens (tertiary/aromatic N) is 2. The summed E-state index contributed by atoms with van der Waals surface area (Å²) in [5, 5.41) is 13.0. The molecule has 0 bridgehead atoms. The maximum atomic E-state index is 6.41. The average molecular weight is 328 g/mol. The number of hydrogen-bond acceptors (Lipinski definition) is 4. The van der Waals surface area contributed by atoms with Crippen molar-refractivity contribution in [2.24, 2.45) is 0 Å². The van der Waals surface area contributed by atoms with Crippen LogP contribution in [0.1, 0.15) is 36.2 Å². The molecule has 2 rings (SSSR count). The minimum absolute atomic E-state index is 0.0723. The smallest absolute Gasteiger partial charge is 0.0837 e. The average Bonchev–Trinajstić information content (AvgIpc) is 3.05. The summed E-state index contributed by atoms with van der Waals surface area (Å²) in [5.41, 5.74) is 3.57. The molecule has 0 saturated carbocycles. The minimum Gasteiger partial charge on any atom is -0.383 e. The van der Waals surface area contributed by atoms with Crippen LogP contribution in [0.4, 0.5) is 0 Å². The molecule has 0 fully saturated rings. The largest absolute Gasteiger partial charge is 0.383 e. The first-order valence-electron chi connectivity index (χ1n) is 7.15. The highest BCUT2D eigenvalue weighted by atomic mass is 35.5. The molecule has 0 radical (unpaired) electrons. The summed E-state index contributed by atoms with van der Waals surface area (Å²) < 4.78 is 7.10. The van der Waals surface area contributed by atoms with E-state index in [1.807, 2.05) is 4.68 Å². The predicted octanol–water partition coefficient (Wildman–Crippen LogP) is 3.64. The van der Waals surface area contributed by atoms with Gasteiger partial charge in [0.2, 0.25) is 0 Å². The van der Waals surface area contributed by atoms with Gasteiger partial charge in [-0.2, -0.15) is 16.4 Å². The third-order valence-electron chi connectivity index (χ3n) is 3.42. The summed E-state index contributed by atoms with van der Waals surface area (Å²) in [6.07, 6.45) is 2.79. The molecular formula is C15H22ClN3OS. The molecule has 4 nitrogen and oxygen atoms in total. The number of thiophene rings is 1. The standard InChI is InChI=1S/C15H22ClN3OS/c1-4-5-17-14(12-10-21-9-11(12)2)15-13(16)8-18-19(15)6-7-20-3/h8-10,14,17H,4-7H2,1-3H3. The van der Waals surface area contributed by atoms with Gasteiger partial charge in [-0.05, 0) is 41.8 Å². The van der Waals surface area contributed by atoms with Crippen molar-refractivity contribution in [2.45, 2.75) is 32.9 Å². The maximum absolute atomic E-state index is 6.41. The lowest BCUT2D eigenvalue weighted by atomic mass is 10.0. The van der Waals surface area contributed by atoms with Crippen molar-refractivity contribution >= 4 is 22.9 Å². The molecule has 2 aromatic heterocycles. The van der Waals surface area contributed by atoms with Crippen LogP contribution in [-0.4, -0.2) is 30.0 Å². The lowest BCUT2D eigenvalue weighted by molar-refractivity contribution is 0.182. The zero-order valence-electron chi connectivity index (χ0n) is 12.7. The number of ether oxygens (including phenoxy) is 1. The predicted molar refractivity (Wildman–Crippen MR) is 88.3 cm³/mol. The fraction of sp³-hybridized carbons (Fsp3) is 0.533. The second kappa shape index (κ2) is 7.94. The van der Waals surface area contributed by atoms with E-state index in [1.54, 1.807) is 24.6 Å². The van der Waals surface area contributed by atoms with Gasteiger partial charge in [-0.15, -0.1) is 0 Å². The molecule has 0 spiro atoms. The van der Waals surface area contributed by atoms with Gasteiger partial charge >= 0.3 is 0 Å². The minimum atomic E-state index is 0.0723. The summed E-state index contributed by atoms with van der Waals surface area (Å²) in [7, 11) is 1.70. The van der Waals surface area contributed by atoms with Crippen LogP contribution in [0.15, 0.2) is 17.0 Å². The highest BCUT2D eigenvalue weighted by Crippen LogP contribution is 2.31. The van der Waals surface area contributed by atoms with E-state index in [0.29, 0.717) is 18.2 Å². The zero-order chi connectivity index (χ0) is 15.2. The molecule has 0 aliphatic carbocycles. The van der Waals surface area contributed by atoms with Crippen molar-refractivity contribution in [2.75, 3.05) is 20.3 Å². The Kier molecular flexibility index (Phi) is 6.23. The molecular weight excluding hydrogens is 306 g/mol. The van der Waals surface area contributed by atoms with Crippen molar-refractivity contribution in [3.8, 4) is 0 Å². The summed E-state index contributed by atoms with van der Waals surface area (Å²) in [6.45, 7) is 6.55. The van der Waals surface area contributed by atoms with Gasteiger partial charge in [-0.25, -0.2) is 0 Å². The van der Waals surface area contributed by atoms with Gasteiger partial charge in [0.1, 0.15) is 0 Å². The molecule has 0 amide bonds. The maximum Gasteiger partial charge on any atom is 0.0837 e. The van der Waals surface area contributed by atoms with Crippen LogP contribution in [0, 0.1) is 6.92 Å². The van der Waals surface area contributed by atoms with Gasteiger partial charge in [0.25, 0.3) is 0 Å². The van der Waals surface area contributed by atoms with Gasteiger partial charge in [0, 0.05) is 7.11 Å². The number of nitrogens with one attached hydrogen (secondary N) is 1. The second-order valence-corrected chi connectivity index (χ2v) is 6.14. The Hall–Kier alpha value is -0.880. The summed E-state index contributed by atoms with van der Waals surface area (Å²) >= 11 is 8.12. The molecule has 2 heterocycles. The molecule has 0 aromatic carbocycles. The Morgan fingerprint density at radius 2 is 2.29 bits per heavy atom. The van der Waals surface area contributed by atoms with Gasteiger partial charge in [-0.3, -0.25) is 4.68 Å². The normalized spacial score (nSPS) is 12.8. The molecule has 2 aromatic rings. The molecule has 1 unspecified atom stereocenters. The Bertz CT molecular complexity index is 567. The highest BCUT2D eigenvalue weighted by molar-refractivity contribution is 7.08. The van der Waals surface area contributed by atoms with Crippen molar-refractivity contribution in [3.63, 3.8) is 0 Å². The van der Waals surface area contributed by atoms with Crippen LogP contribution in [0.2, 0.25) is 5.02 Å². The van der Waals surface area contributed by atoms with E-state index in [2.05, 4.69) is 35.0 Å². The van der Waals surface area contributed by atoms with Crippen LogP contribution >= 0.6 is 22.9 Å². The number of aryl methyl sites for hydroxylation is 1. The number of methoxy groups -OCH3 is 1. The monoisotopic (exact) mass is 327 g/mol. The fourth-order valence-electron chi connectivity index (χ4n) is 2.32. The van der Waals surface area contributed by atoms with Gasteiger partial charge in [0.15, 0.2) is 0 Å². The van der Waals surface area contributed by atoms with E-state index < -0.39 is 0 Å². The first-order valence-corrected chi connectivity index (χ1v) is 8.47. The number of halogens is 1. The first kappa shape index (κ1) is 16.5. The molecule has 1 atom stereocenters. The fourth-order valence-corrected chi connectivity index (χ4v) is 3.45. The molecule has 6 heteroatoms. The molecule has 1 N–H and O–H groups in total. The summed E-state index contributed by atoms with van der Waals surface area (Å²) in [6, 6.07) is 0.0723. The van der Waals surface area contributed by atoms with E-state index >= 15 is 0 Å². The van der Waals surface area contributed by atoms with Gasteiger partial charge in [0.05, 0.1) is 36.1 Å². The Morgan fingerprint density at radius 3 is 2.90 bits per heavy atom. The Morgan fingerprint density at radius 1 is 1.48 bits per heavy atom. The van der Waals surface area contributed by atoms with E-state index in [0.717, 1.165) is 18.7 Å². The van der Waals surface area contributed by atoms with E-state index in [-0.39, 0.29) is 6.04 Å². The van der Waals surface area contributed by atoms with Crippen LogP contribution in [0.5, 0.6) is 0 Å². The van der Waals surface area contributed by atoms with Crippen molar-refractivity contribution in [1.82, 2.24) is 15.1 Å². The molecule has 0 aliphatic heterocycles. The van der Waals surface area contributed by atoms with Gasteiger partial charge < -0.3 is 10.1 Å². The Labute approximate surface area is 135 Å². The van der Waals surface area contributed by atoms with Crippen molar-refractivity contribution in [3.05, 3.63) is 38.8 Å². The Balaban J connectivity index is 2.36. The third kappa shape index (κ3) is 3.86. The lowest BCUT2D eigenvalue weighted by Crippen LogP contribution is -2.27. The summed E-state index contributed by atoms with van der Waals surface area (Å²) in [4.78, 5) is 0. The number of rotatable bonds is 8. The van der Waals surface area contributed by atoms with Crippen LogP contribution in [0.3, 0.4) is 0 Å². The van der Waals surface area contributed by atoms with Crippen molar-refractivity contribution < 1.29 is 4.74 Å². The first-order chi connectivity index (χ1) is 10.2. The van der Waals surface area contributed by atoms with Gasteiger partial charge in [-0.1, -0.05) is 18.5 Å². The van der Waals surface area contributed by atoms with Crippen LogP contribution in [0.25, 0.3) is 0 Å². The van der Waals surface area contributed by atoms with E-state index in [4.69, 9.17) is 16.3 Å². The van der Waals surface area contributed by atoms with Crippen molar-refractivity contribution in [1.29, 1.82) is 0 Å². The second-order valence-electron chi connectivity index (χ2n) is 4.99. The SMILES string of the molecule is CCCNC(c1cscc1C)c1c(Cl)cnn1CCOC. The molecule has 21 heavy (non-hydrogen) atoms.